The molecular weight excluding hydrogens is 402 g/mol. The molecule has 0 N–H and O–H groups in total. The van der Waals surface area contributed by atoms with Crippen LogP contribution in [-0.2, 0) is 30.1 Å². The van der Waals surface area contributed by atoms with Crippen LogP contribution in [0.25, 0.3) is 10.2 Å². The van der Waals surface area contributed by atoms with E-state index in [2.05, 4.69) is 21.0 Å². The second-order valence-corrected chi connectivity index (χ2v) is 10.7. The number of hydrogen-bond donors (Lipinski definition) is 0. The summed E-state index contributed by atoms with van der Waals surface area (Å²) in [6.45, 7) is 1.23. The van der Waals surface area contributed by atoms with E-state index in [4.69, 9.17) is 12.2 Å². The van der Waals surface area contributed by atoms with Crippen molar-refractivity contribution in [3.05, 3.63) is 39.9 Å². The van der Waals surface area contributed by atoms with E-state index in [1.807, 2.05) is 36.9 Å². The molecule has 0 amide bonds. The van der Waals surface area contributed by atoms with E-state index < -0.39 is 9.84 Å². The van der Waals surface area contributed by atoms with Crippen molar-refractivity contribution in [3.8, 4) is 0 Å². The summed E-state index contributed by atoms with van der Waals surface area (Å²) < 4.78 is 29.0. The Morgan fingerprint density at radius 1 is 1.37 bits per heavy atom. The molecule has 1 saturated heterocycles. The molecule has 7 nitrogen and oxygen atoms in total. The Kier molecular flexibility index (Phi) is 4.91. The molecule has 144 valence electrons. The van der Waals surface area contributed by atoms with Gasteiger partial charge < -0.3 is 4.57 Å². The summed E-state index contributed by atoms with van der Waals surface area (Å²) in [5, 5.41) is 5.68. The summed E-state index contributed by atoms with van der Waals surface area (Å²) in [7, 11) is 0.909. The van der Waals surface area contributed by atoms with E-state index in [-0.39, 0.29) is 17.4 Å². The van der Waals surface area contributed by atoms with Crippen LogP contribution in [0, 0.1) is 4.77 Å². The normalized spacial score (nSPS) is 19.3. The van der Waals surface area contributed by atoms with Gasteiger partial charge in [0.1, 0.15) is 10.8 Å². The van der Waals surface area contributed by atoms with Crippen LogP contribution in [-0.4, -0.2) is 51.2 Å². The van der Waals surface area contributed by atoms with Gasteiger partial charge in [0.25, 0.3) is 0 Å². The molecule has 1 aromatic carbocycles. The maximum atomic E-state index is 11.8. The predicted octanol–water partition coefficient (Wildman–Crippen LogP) is 2.55. The highest BCUT2D eigenvalue weighted by molar-refractivity contribution is 7.91. The summed E-state index contributed by atoms with van der Waals surface area (Å²) in [6, 6.07) is 8.11. The molecule has 4 rings (SSSR count). The lowest BCUT2D eigenvalue weighted by atomic mass is 10.1. The van der Waals surface area contributed by atoms with Gasteiger partial charge in [0.2, 0.25) is 0 Å². The number of hydrogen-bond acceptors (Lipinski definition) is 7. The number of sulfone groups is 1. The average Bonchev–Trinajstić information content (AvgIpc) is 3.25. The second-order valence-electron chi connectivity index (χ2n) is 7.03. The van der Waals surface area contributed by atoms with E-state index in [0.29, 0.717) is 24.4 Å². The van der Waals surface area contributed by atoms with Crippen LogP contribution in [0.2, 0.25) is 0 Å². The second kappa shape index (κ2) is 7.08. The van der Waals surface area contributed by atoms with Crippen molar-refractivity contribution in [2.24, 2.45) is 7.05 Å². The van der Waals surface area contributed by atoms with Crippen LogP contribution in [0.3, 0.4) is 0 Å². The third kappa shape index (κ3) is 3.84. The lowest BCUT2D eigenvalue weighted by Crippen LogP contribution is -2.22. The fourth-order valence-corrected chi connectivity index (χ4v) is 6.43. The summed E-state index contributed by atoms with van der Waals surface area (Å²) in [5.41, 5.74) is 1.02. The molecule has 1 aliphatic rings. The fourth-order valence-electron chi connectivity index (χ4n) is 3.45. The number of rotatable bonds is 5. The highest BCUT2D eigenvalue weighted by Crippen LogP contribution is 2.28. The first-order valence-corrected chi connectivity index (χ1v) is 11.7. The van der Waals surface area contributed by atoms with Gasteiger partial charge in [0.05, 0.1) is 34.9 Å². The van der Waals surface area contributed by atoms with Crippen LogP contribution >= 0.6 is 23.6 Å². The zero-order valence-corrected chi connectivity index (χ0v) is 17.6. The Morgan fingerprint density at radius 3 is 2.85 bits per heavy atom. The van der Waals surface area contributed by atoms with Crippen molar-refractivity contribution in [2.45, 2.75) is 25.6 Å². The first-order valence-electron chi connectivity index (χ1n) is 8.69. The standard InChI is InChI=1S/C17H21N5O2S3/c1-20(9-15-18-13-5-3-4-6-14(13)26-15)11-22-17(25)21(2)16(19-22)12-7-8-27(23,24)10-12/h3-6,12H,7-11H2,1-2H3. The predicted molar refractivity (Wildman–Crippen MR) is 109 cm³/mol. The topological polar surface area (TPSA) is 73.0 Å². The Bertz CT molecular complexity index is 1110. The van der Waals surface area contributed by atoms with Gasteiger partial charge in [-0.3, -0.25) is 4.90 Å². The van der Waals surface area contributed by atoms with Crippen LogP contribution in [0.4, 0.5) is 0 Å². The number of nitrogens with zero attached hydrogens (tertiary/aromatic N) is 5. The Balaban J connectivity index is 1.50. The van der Waals surface area contributed by atoms with Crippen molar-refractivity contribution in [3.63, 3.8) is 0 Å². The molecule has 27 heavy (non-hydrogen) atoms. The molecule has 1 fully saturated rings. The van der Waals surface area contributed by atoms with Gasteiger partial charge >= 0.3 is 0 Å². The summed E-state index contributed by atoms with van der Waals surface area (Å²) in [4.78, 5) is 6.77. The van der Waals surface area contributed by atoms with Gasteiger partial charge in [0.15, 0.2) is 14.6 Å². The lowest BCUT2D eigenvalue weighted by Gasteiger charge is -2.14. The van der Waals surface area contributed by atoms with Crippen molar-refractivity contribution in [1.82, 2.24) is 24.2 Å². The minimum absolute atomic E-state index is 0.0717. The van der Waals surface area contributed by atoms with Crippen molar-refractivity contribution < 1.29 is 8.42 Å². The molecule has 3 aromatic rings. The number of thiazole rings is 1. The number of fused-ring (bicyclic) bond motifs is 1. The van der Waals surface area contributed by atoms with Gasteiger partial charge in [0, 0.05) is 13.0 Å². The molecule has 1 unspecified atom stereocenters. The van der Waals surface area contributed by atoms with Gasteiger partial charge in [-0.15, -0.1) is 11.3 Å². The lowest BCUT2D eigenvalue weighted by molar-refractivity contribution is 0.243. The summed E-state index contributed by atoms with van der Waals surface area (Å²) in [6.07, 6.45) is 0.615. The number of para-hydroxylation sites is 1. The van der Waals surface area contributed by atoms with Gasteiger partial charge in [-0.1, -0.05) is 12.1 Å². The van der Waals surface area contributed by atoms with Crippen LogP contribution in [0.15, 0.2) is 24.3 Å². The smallest absolute Gasteiger partial charge is 0.198 e. The number of aromatic nitrogens is 4. The van der Waals surface area contributed by atoms with E-state index in [0.717, 1.165) is 16.3 Å². The number of benzene rings is 1. The molecule has 0 radical (unpaired) electrons. The van der Waals surface area contributed by atoms with Crippen LogP contribution in [0.5, 0.6) is 0 Å². The Hall–Kier alpha value is -1.62. The molecule has 1 aliphatic heterocycles. The zero-order chi connectivity index (χ0) is 19.2. The largest absolute Gasteiger partial charge is 0.307 e. The van der Waals surface area contributed by atoms with Crippen LogP contribution < -0.4 is 0 Å². The van der Waals surface area contributed by atoms with Crippen molar-refractivity contribution in [1.29, 1.82) is 0 Å². The SMILES string of the molecule is CN(Cc1nc2ccccc2s1)Cn1nc(C2CCS(=O)(=O)C2)n(C)c1=S. The van der Waals surface area contributed by atoms with E-state index >= 15 is 0 Å². The monoisotopic (exact) mass is 423 g/mol. The maximum absolute atomic E-state index is 11.8. The maximum Gasteiger partial charge on any atom is 0.198 e. The molecule has 0 bridgehead atoms. The zero-order valence-electron chi connectivity index (χ0n) is 15.2. The average molecular weight is 424 g/mol. The first-order chi connectivity index (χ1) is 12.8. The molecule has 0 saturated carbocycles. The molecule has 10 heteroatoms. The highest BCUT2D eigenvalue weighted by atomic mass is 32.2. The third-order valence-corrected chi connectivity index (χ3v) is 8.06. The van der Waals surface area contributed by atoms with Crippen LogP contribution in [0.1, 0.15) is 23.2 Å². The highest BCUT2D eigenvalue weighted by Gasteiger charge is 2.32. The Labute approximate surface area is 167 Å². The first kappa shape index (κ1) is 18.7. The van der Waals surface area contributed by atoms with E-state index in [9.17, 15) is 8.42 Å². The summed E-state index contributed by atoms with van der Waals surface area (Å²) in [5.74, 6) is 1.08. The Morgan fingerprint density at radius 2 is 2.15 bits per heavy atom. The molecule has 3 heterocycles. The molecular formula is C17H21N5O2S3. The van der Waals surface area contributed by atoms with Gasteiger partial charge in [-0.2, -0.15) is 5.10 Å². The minimum atomic E-state index is -2.95. The van der Waals surface area contributed by atoms with E-state index in [1.54, 1.807) is 16.0 Å². The fraction of sp³-hybridized carbons (Fsp3) is 0.471. The van der Waals surface area contributed by atoms with Gasteiger partial charge in [-0.25, -0.2) is 18.1 Å². The van der Waals surface area contributed by atoms with Crippen molar-refractivity contribution in [2.75, 3.05) is 18.6 Å². The van der Waals surface area contributed by atoms with Crippen molar-refractivity contribution >= 4 is 43.6 Å². The summed E-state index contributed by atoms with van der Waals surface area (Å²) >= 11 is 7.20. The third-order valence-electron chi connectivity index (χ3n) is 4.79. The minimum Gasteiger partial charge on any atom is -0.307 e. The molecule has 0 aliphatic carbocycles. The molecule has 1 atom stereocenters. The quantitative estimate of drug-likeness (QED) is 0.587. The molecule has 2 aromatic heterocycles. The van der Waals surface area contributed by atoms with E-state index in [1.165, 1.54) is 4.70 Å². The molecule has 0 spiro atoms. The van der Waals surface area contributed by atoms with Gasteiger partial charge in [-0.05, 0) is 37.8 Å².